The molecular formula is C9H14N4. The number of rotatable bonds is 1. The summed E-state index contributed by atoms with van der Waals surface area (Å²) in [6.45, 7) is 6.21. The number of nitrogens with zero attached hydrogens (tertiary/aromatic N) is 3. The van der Waals surface area contributed by atoms with E-state index in [0.29, 0.717) is 0 Å². The van der Waals surface area contributed by atoms with Crippen LogP contribution in [0, 0.1) is 6.92 Å². The first-order valence-electron chi connectivity index (χ1n) is 4.61. The van der Waals surface area contributed by atoms with Gasteiger partial charge in [0.1, 0.15) is 0 Å². The van der Waals surface area contributed by atoms with Gasteiger partial charge in [-0.2, -0.15) is 10.2 Å². The van der Waals surface area contributed by atoms with Gasteiger partial charge in [-0.15, -0.1) is 0 Å². The first-order valence-corrected chi connectivity index (χ1v) is 4.61. The molecule has 0 spiro atoms. The third kappa shape index (κ3) is 1.95. The minimum Gasteiger partial charge on any atom is -0.368 e. The van der Waals surface area contributed by atoms with Crippen LogP contribution < -0.4 is 10.2 Å². The molecule has 0 radical (unpaired) electrons. The number of aryl methyl sites for hydroxylation is 1. The molecule has 1 aromatic heterocycles. The second-order valence-corrected chi connectivity index (χ2v) is 3.29. The van der Waals surface area contributed by atoms with Crippen molar-refractivity contribution in [3.63, 3.8) is 0 Å². The second-order valence-electron chi connectivity index (χ2n) is 3.29. The zero-order valence-electron chi connectivity index (χ0n) is 7.82. The van der Waals surface area contributed by atoms with Crippen molar-refractivity contribution in [3.05, 3.63) is 18.0 Å². The number of anilines is 1. The van der Waals surface area contributed by atoms with E-state index < -0.39 is 0 Å². The fourth-order valence-electron chi connectivity index (χ4n) is 1.56. The number of hydrogen-bond acceptors (Lipinski definition) is 4. The first-order chi connectivity index (χ1) is 6.36. The maximum atomic E-state index is 3.95. The van der Waals surface area contributed by atoms with Crippen molar-refractivity contribution in [2.75, 3.05) is 31.1 Å². The molecule has 0 atom stereocenters. The summed E-state index contributed by atoms with van der Waals surface area (Å²) in [6.07, 6.45) is 1.83. The number of aromatic nitrogens is 2. The van der Waals surface area contributed by atoms with E-state index in [0.717, 1.165) is 31.9 Å². The molecule has 70 valence electrons. The Kier molecular flexibility index (Phi) is 2.40. The Balaban J connectivity index is 2.14. The molecule has 0 saturated carbocycles. The largest absolute Gasteiger partial charge is 0.368 e. The molecule has 1 N–H and O–H groups in total. The van der Waals surface area contributed by atoms with Crippen LogP contribution in [-0.4, -0.2) is 36.4 Å². The van der Waals surface area contributed by atoms with Crippen molar-refractivity contribution in [2.24, 2.45) is 0 Å². The molecular weight excluding hydrogens is 164 g/mol. The van der Waals surface area contributed by atoms with Gasteiger partial charge < -0.3 is 10.2 Å². The monoisotopic (exact) mass is 178 g/mol. The molecule has 1 aromatic rings. The summed E-state index contributed by atoms with van der Waals surface area (Å²) in [5.74, 6) is 0. The summed E-state index contributed by atoms with van der Waals surface area (Å²) in [7, 11) is 0. The van der Waals surface area contributed by atoms with E-state index in [9.17, 15) is 0 Å². The van der Waals surface area contributed by atoms with E-state index >= 15 is 0 Å². The average Bonchev–Trinajstić information content (AvgIpc) is 2.19. The highest BCUT2D eigenvalue weighted by Crippen LogP contribution is 2.12. The Labute approximate surface area is 78.0 Å². The number of nitrogens with one attached hydrogen (secondary N) is 1. The summed E-state index contributed by atoms with van der Waals surface area (Å²) in [4.78, 5) is 2.33. The van der Waals surface area contributed by atoms with Crippen molar-refractivity contribution in [1.29, 1.82) is 0 Å². The molecule has 2 rings (SSSR count). The lowest BCUT2D eigenvalue weighted by Crippen LogP contribution is -2.43. The topological polar surface area (TPSA) is 41.0 Å². The summed E-state index contributed by atoms with van der Waals surface area (Å²) in [6, 6.07) is 2.08. The fourth-order valence-corrected chi connectivity index (χ4v) is 1.56. The van der Waals surface area contributed by atoms with Crippen LogP contribution in [0.15, 0.2) is 12.3 Å². The summed E-state index contributed by atoms with van der Waals surface area (Å²) in [5.41, 5.74) is 2.17. The number of hydrogen-bond donors (Lipinski definition) is 1. The summed E-state index contributed by atoms with van der Waals surface area (Å²) in [5, 5.41) is 11.2. The van der Waals surface area contributed by atoms with Gasteiger partial charge in [-0.05, 0) is 13.0 Å². The van der Waals surface area contributed by atoms with Crippen LogP contribution in [0.5, 0.6) is 0 Å². The van der Waals surface area contributed by atoms with E-state index in [2.05, 4.69) is 26.5 Å². The predicted octanol–water partition coefficient (Wildman–Crippen LogP) is 0.195. The molecule has 13 heavy (non-hydrogen) atoms. The standard InChI is InChI=1S/C9H14N4/c1-8-6-9(7-11-12-8)13-4-2-10-3-5-13/h6-7,10H,2-5H2,1H3. The molecule has 4 heteroatoms. The molecule has 1 saturated heterocycles. The van der Waals surface area contributed by atoms with Gasteiger partial charge in [0.25, 0.3) is 0 Å². The minimum absolute atomic E-state index is 0.982. The van der Waals surface area contributed by atoms with Gasteiger partial charge in [-0.3, -0.25) is 0 Å². The molecule has 1 fully saturated rings. The average molecular weight is 178 g/mol. The third-order valence-electron chi connectivity index (χ3n) is 2.24. The first kappa shape index (κ1) is 8.44. The van der Waals surface area contributed by atoms with E-state index in [-0.39, 0.29) is 0 Å². The highest BCUT2D eigenvalue weighted by atomic mass is 15.2. The third-order valence-corrected chi connectivity index (χ3v) is 2.24. The smallest absolute Gasteiger partial charge is 0.0730 e. The Morgan fingerprint density at radius 1 is 1.38 bits per heavy atom. The molecule has 0 aliphatic carbocycles. The highest BCUT2D eigenvalue weighted by molar-refractivity contribution is 5.44. The van der Waals surface area contributed by atoms with Crippen LogP contribution >= 0.6 is 0 Å². The molecule has 4 nitrogen and oxygen atoms in total. The molecule has 0 amide bonds. The van der Waals surface area contributed by atoms with Crippen LogP contribution in [0.3, 0.4) is 0 Å². The minimum atomic E-state index is 0.982. The van der Waals surface area contributed by atoms with Gasteiger partial charge in [0, 0.05) is 26.2 Å². The van der Waals surface area contributed by atoms with Gasteiger partial charge >= 0.3 is 0 Å². The lowest BCUT2D eigenvalue weighted by molar-refractivity contribution is 0.588. The Morgan fingerprint density at radius 3 is 2.85 bits per heavy atom. The van der Waals surface area contributed by atoms with Gasteiger partial charge in [0.05, 0.1) is 17.6 Å². The molecule has 0 aromatic carbocycles. The number of piperazine rings is 1. The molecule has 1 aliphatic heterocycles. The van der Waals surface area contributed by atoms with E-state index in [1.54, 1.807) is 0 Å². The zero-order valence-corrected chi connectivity index (χ0v) is 7.82. The maximum Gasteiger partial charge on any atom is 0.0730 e. The maximum absolute atomic E-state index is 3.95. The molecule has 0 unspecified atom stereocenters. The van der Waals surface area contributed by atoms with Gasteiger partial charge in [0.2, 0.25) is 0 Å². The van der Waals surface area contributed by atoms with Crippen LogP contribution in [0.25, 0.3) is 0 Å². The predicted molar refractivity (Wildman–Crippen MR) is 51.9 cm³/mol. The van der Waals surface area contributed by atoms with Crippen LogP contribution in [0.1, 0.15) is 5.69 Å². The Morgan fingerprint density at radius 2 is 2.15 bits per heavy atom. The van der Waals surface area contributed by atoms with Gasteiger partial charge in [-0.1, -0.05) is 0 Å². The van der Waals surface area contributed by atoms with E-state index in [4.69, 9.17) is 0 Å². The molecule has 0 bridgehead atoms. The lowest BCUT2D eigenvalue weighted by atomic mass is 10.3. The van der Waals surface area contributed by atoms with Crippen LogP contribution in [0.4, 0.5) is 5.69 Å². The second kappa shape index (κ2) is 3.70. The fraction of sp³-hybridized carbons (Fsp3) is 0.556. The zero-order chi connectivity index (χ0) is 9.10. The lowest BCUT2D eigenvalue weighted by Gasteiger charge is -2.28. The van der Waals surface area contributed by atoms with Crippen LogP contribution in [-0.2, 0) is 0 Å². The Hall–Kier alpha value is -1.16. The van der Waals surface area contributed by atoms with Crippen molar-refractivity contribution >= 4 is 5.69 Å². The Bertz CT molecular complexity index is 281. The highest BCUT2D eigenvalue weighted by Gasteiger charge is 2.10. The molecule has 2 heterocycles. The van der Waals surface area contributed by atoms with E-state index in [1.165, 1.54) is 5.69 Å². The quantitative estimate of drug-likeness (QED) is 0.666. The normalized spacial score (nSPS) is 17.5. The van der Waals surface area contributed by atoms with Gasteiger partial charge in [-0.25, -0.2) is 0 Å². The van der Waals surface area contributed by atoms with Crippen molar-refractivity contribution in [3.8, 4) is 0 Å². The van der Waals surface area contributed by atoms with E-state index in [1.807, 2.05) is 13.1 Å². The van der Waals surface area contributed by atoms with Crippen molar-refractivity contribution < 1.29 is 0 Å². The summed E-state index contributed by atoms with van der Waals surface area (Å²) < 4.78 is 0. The van der Waals surface area contributed by atoms with Crippen molar-refractivity contribution in [2.45, 2.75) is 6.92 Å². The van der Waals surface area contributed by atoms with Crippen LogP contribution in [0.2, 0.25) is 0 Å². The SMILES string of the molecule is Cc1cc(N2CCNCC2)cnn1. The molecule has 1 aliphatic rings. The summed E-state index contributed by atoms with van der Waals surface area (Å²) >= 11 is 0. The van der Waals surface area contributed by atoms with Crippen molar-refractivity contribution in [1.82, 2.24) is 15.5 Å². The van der Waals surface area contributed by atoms with Gasteiger partial charge in [0.15, 0.2) is 0 Å².